The number of hydrazone groups is 1. The number of halogens is 1. The van der Waals surface area contributed by atoms with Gasteiger partial charge in [0.1, 0.15) is 11.5 Å². The number of nitrogens with one attached hydrogen (secondary N) is 1. The maximum Gasteiger partial charge on any atom is 0.277 e. The molecule has 0 aliphatic rings. The van der Waals surface area contributed by atoms with Crippen molar-refractivity contribution in [2.24, 2.45) is 5.10 Å². The number of nitrogens with zero attached hydrogens (tertiary/aromatic N) is 1. The third-order valence-corrected chi connectivity index (χ3v) is 5.18. The Kier molecular flexibility index (Phi) is 9.19. The Balaban J connectivity index is 1.85. The van der Waals surface area contributed by atoms with Crippen LogP contribution < -0.4 is 14.9 Å². The quantitative estimate of drug-likeness (QED) is 0.285. The number of carbonyl (C=O) groups excluding carboxylic acids is 1. The predicted octanol–water partition coefficient (Wildman–Crippen LogP) is 5.59. The normalized spacial score (nSPS) is 11.1. The van der Waals surface area contributed by atoms with Crippen LogP contribution in [0.4, 0.5) is 0 Å². The number of rotatable bonds is 10. The highest BCUT2D eigenvalue weighted by molar-refractivity contribution is 9.10. The first-order chi connectivity index (χ1) is 13.9. The summed E-state index contributed by atoms with van der Waals surface area (Å²) in [5.41, 5.74) is 5.49. The van der Waals surface area contributed by atoms with Gasteiger partial charge < -0.3 is 9.47 Å². The molecule has 0 radical (unpaired) electrons. The molecular weight excluding hydrogens is 432 g/mol. The Morgan fingerprint density at radius 2 is 1.93 bits per heavy atom. The van der Waals surface area contributed by atoms with Gasteiger partial charge in [-0.3, -0.25) is 4.79 Å². The number of hydrogen-bond acceptors (Lipinski definition) is 4. The summed E-state index contributed by atoms with van der Waals surface area (Å²) in [5.74, 6) is 1.53. The second kappa shape index (κ2) is 11.6. The molecule has 2 aromatic rings. The fraction of sp³-hybridized carbons (Fsp3) is 0.391. The van der Waals surface area contributed by atoms with E-state index in [1.165, 1.54) is 0 Å². The minimum absolute atomic E-state index is 0.0949. The number of ether oxygens (including phenoxy) is 2. The molecular formula is C23H29BrN2O3. The Morgan fingerprint density at radius 1 is 1.21 bits per heavy atom. The molecule has 0 atom stereocenters. The average molecular weight is 461 g/mol. The fourth-order valence-electron chi connectivity index (χ4n) is 2.59. The van der Waals surface area contributed by atoms with Crippen LogP contribution in [-0.4, -0.2) is 25.3 Å². The lowest BCUT2D eigenvalue weighted by atomic mass is 10.0. The largest absolute Gasteiger partial charge is 0.494 e. The number of hydrogen-bond donors (Lipinski definition) is 1. The van der Waals surface area contributed by atoms with Crippen LogP contribution in [0.5, 0.6) is 11.5 Å². The van der Waals surface area contributed by atoms with E-state index < -0.39 is 0 Å². The molecule has 0 aliphatic carbocycles. The van der Waals surface area contributed by atoms with Crippen LogP contribution in [0.25, 0.3) is 0 Å². The highest BCUT2D eigenvalue weighted by atomic mass is 79.9. The predicted molar refractivity (Wildman–Crippen MR) is 121 cm³/mol. The van der Waals surface area contributed by atoms with Crippen molar-refractivity contribution >= 4 is 28.1 Å². The van der Waals surface area contributed by atoms with E-state index in [9.17, 15) is 4.79 Å². The molecule has 2 rings (SSSR count). The minimum Gasteiger partial charge on any atom is -0.494 e. The van der Waals surface area contributed by atoms with Crippen LogP contribution in [0.2, 0.25) is 0 Å². The molecule has 0 aliphatic heterocycles. The average Bonchev–Trinajstić information content (AvgIpc) is 2.69. The zero-order chi connectivity index (χ0) is 21.2. The van der Waals surface area contributed by atoms with Crippen molar-refractivity contribution < 1.29 is 14.3 Å². The van der Waals surface area contributed by atoms with Crippen molar-refractivity contribution in [2.45, 2.75) is 46.5 Å². The lowest BCUT2D eigenvalue weighted by molar-refractivity contribution is -0.123. The Bertz CT molecular complexity index is 833. The van der Waals surface area contributed by atoms with E-state index in [0.717, 1.165) is 52.1 Å². The summed E-state index contributed by atoms with van der Waals surface area (Å²) in [6.07, 6.45) is 3.74. The minimum atomic E-state index is -0.309. The van der Waals surface area contributed by atoms with Crippen LogP contribution in [0.15, 0.2) is 46.0 Å². The molecule has 0 unspecified atom stereocenters. The maximum atomic E-state index is 12.1. The van der Waals surface area contributed by atoms with Gasteiger partial charge in [-0.25, -0.2) is 5.43 Å². The number of carbonyl (C=O) groups is 1. The summed E-state index contributed by atoms with van der Waals surface area (Å²) in [6.45, 7) is 8.93. The second-order valence-electron chi connectivity index (χ2n) is 7.15. The molecule has 0 saturated heterocycles. The molecule has 1 N–H and O–H groups in total. The molecule has 0 fully saturated rings. The van der Waals surface area contributed by atoms with Gasteiger partial charge in [0.25, 0.3) is 5.91 Å². The van der Waals surface area contributed by atoms with E-state index in [-0.39, 0.29) is 18.4 Å². The van der Waals surface area contributed by atoms with E-state index >= 15 is 0 Å². The Morgan fingerprint density at radius 3 is 2.59 bits per heavy atom. The summed E-state index contributed by atoms with van der Waals surface area (Å²) in [7, 11) is 0. The number of aryl methyl sites for hydroxylation is 1. The van der Waals surface area contributed by atoms with Gasteiger partial charge in [-0.05, 0) is 72.4 Å². The standard InChI is InChI=1S/C23H29BrN2O3/c1-5-6-11-28-19-9-7-18(8-10-19)14-25-26-23(27)15-29-22-12-17(4)21(24)13-20(22)16(2)3/h7-10,12-14,16H,5-6,11,15H2,1-4H3,(H,26,27)/b25-14+. The maximum absolute atomic E-state index is 12.1. The van der Waals surface area contributed by atoms with Crippen LogP contribution in [0.1, 0.15) is 56.2 Å². The van der Waals surface area contributed by atoms with E-state index in [0.29, 0.717) is 0 Å². The summed E-state index contributed by atoms with van der Waals surface area (Å²) in [4.78, 5) is 12.1. The van der Waals surface area contributed by atoms with E-state index in [1.807, 2.05) is 43.3 Å². The highest BCUT2D eigenvalue weighted by Crippen LogP contribution is 2.32. The van der Waals surface area contributed by atoms with Gasteiger partial charge in [-0.2, -0.15) is 5.10 Å². The fourth-order valence-corrected chi connectivity index (χ4v) is 2.95. The number of benzene rings is 2. The van der Waals surface area contributed by atoms with Crippen molar-refractivity contribution in [1.82, 2.24) is 5.43 Å². The van der Waals surface area contributed by atoms with Gasteiger partial charge in [0.2, 0.25) is 0 Å². The molecule has 5 nitrogen and oxygen atoms in total. The third kappa shape index (κ3) is 7.54. The van der Waals surface area contributed by atoms with Crippen LogP contribution in [0, 0.1) is 6.92 Å². The van der Waals surface area contributed by atoms with Gasteiger partial charge >= 0.3 is 0 Å². The van der Waals surface area contributed by atoms with Gasteiger partial charge in [0.15, 0.2) is 6.61 Å². The van der Waals surface area contributed by atoms with Crippen molar-refractivity contribution in [1.29, 1.82) is 0 Å². The van der Waals surface area contributed by atoms with Gasteiger partial charge in [0, 0.05) is 4.47 Å². The van der Waals surface area contributed by atoms with Crippen molar-refractivity contribution in [2.75, 3.05) is 13.2 Å². The van der Waals surface area contributed by atoms with Crippen molar-refractivity contribution in [3.05, 3.63) is 57.6 Å². The topological polar surface area (TPSA) is 59.9 Å². The van der Waals surface area contributed by atoms with Crippen LogP contribution in [-0.2, 0) is 4.79 Å². The molecule has 2 aromatic carbocycles. The first-order valence-electron chi connectivity index (χ1n) is 9.88. The Hall–Kier alpha value is -2.34. The van der Waals surface area contributed by atoms with E-state index in [4.69, 9.17) is 9.47 Å². The smallest absolute Gasteiger partial charge is 0.277 e. The summed E-state index contributed by atoms with van der Waals surface area (Å²) < 4.78 is 12.4. The Labute approximate surface area is 181 Å². The second-order valence-corrected chi connectivity index (χ2v) is 8.00. The van der Waals surface area contributed by atoms with Crippen molar-refractivity contribution in [3.8, 4) is 11.5 Å². The number of unbranched alkanes of at least 4 members (excludes halogenated alkanes) is 1. The molecule has 0 aromatic heterocycles. The molecule has 0 saturated carbocycles. The molecule has 0 bridgehead atoms. The first kappa shape index (κ1) is 22.9. The lowest BCUT2D eigenvalue weighted by Crippen LogP contribution is -2.25. The molecule has 156 valence electrons. The van der Waals surface area contributed by atoms with Gasteiger partial charge in [0.05, 0.1) is 12.8 Å². The molecule has 6 heteroatoms. The molecule has 0 heterocycles. The van der Waals surface area contributed by atoms with Crippen LogP contribution >= 0.6 is 15.9 Å². The van der Waals surface area contributed by atoms with E-state index in [2.05, 4.69) is 47.2 Å². The summed E-state index contributed by atoms with van der Waals surface area (Å²) >= 11 is 3.54. The zero-order valence-corrected chi connectivity index (χ0v) is 19.1. The lowest BCUT2D eigenvalue weighted by Gasteiger charge is -2.15. The molecule has 29 heavy (non-hydrogen) atoms. The van der Waals surface area contributed by atoms with Gasteiger partial charge in [-0.15, -0.1) is 0 Å². The van der Waals surface area contributed by atoms with Gasteiger partial charge in [-0.1, -0.05) is 43.1 Å². The summed E-state index contributed by atoms with van der Waals surface area (Å²) in [6, 6.07) is 11.6. The number of amides is 1. The van der Waals surface area contributed by atoms with Crippen molar-refractivity contribution in [3.63, 3.8) is 0 Å². The highest BCUT2D eigenvalue weighted by Gasteiger charge is 2.12. The zero-order valence-electron chi connectivity index (χ0n) is 17.5. The SMILES string of the molecule is CCCCOc1ccc(/C=N/NC(=O)COc2cc(C)c(Br)cc2C(C)C)cc1. The van der Waals surface area contributed by atoms with Crippen LogP contribution in [0.3, 0.4) is 0 Å². The third-order valence-electron chi connectivity index (χ3n) is 4.32. The molecule has 1 amide bonds. The van der Waals surface area contributed by atoms with E-state index in [1.54, 1.807) is 6.21 Å². The summed E-state index contributed by atoms with van der Waals surface area (Å²) in [5, 5.41) is 4.00. The molecule has 0 spiro atoms. The first-order valence-corrected chi connectivity index (χ1v) is 10.7. The monoisotopic (exact) mass is 460 g/mol.